The molecule has 0 spiro atoms. The van der Waals surface area contributed by atoms with Gasteiger partial charge in [0.1, 0.15) is 0 Å². The van der Waals surface area contributed by atoms with E-state index < -0.39 is 0 Å². The average Bonchev–Trinajstić information content (AvgIpc) is 3.13. The quantitative estimate of drug-likeness (QED) is 0.543. The molecule has 3 nitrogen and oxygen atoms in total. The fourth-order valence-electron chi connectivity index (χ4n) is 3.16. The number of benzene rings is 2. The molecule has 0 bridgehead atoms. The zero-order valence-electron chi connectivity index (χ0n) is 14.5. The predicted octanol–water partition coefficient (Wildman–Crippen LogP) is 6.06. The molecule has 0 aliphatic carbocycles. The van der Waals surface area contributed by atoms with Crippen molar-refractivity contribution in [2.45, 2.75) is 30.5 Å². The number of hydrogen-bond acceptors (Lipinski definition) is 3. The summed E-state index contributed by atoms with van der Waals surface area (Å²) < 4.78 is 5.84. The molecule has 3 aromatic rings. The van der Waals surface area contributed by atoms with Crippen molar-refractivity contribution in [2.24, 2.45) is 0 Å². The van der Waals surface area contributed by atoms with Gasteiger partial charge in [0.25, 0.3) is 0 Å². The summed E-state index contributed by atoms with van der Waals surface area (Å²) in [5.41, 5.74) is 4.19. The number of rotatable bonds is 5. The highest BCUT2D eigenvalue weighted by molar-refractivity contribution is 7.99. The van der Waals surface area contributed by atoms with Crippen LogP contribution in [0.1, 0.15) is 19.3 Å². The molecule has 26 heavy (non-hydrogen) atoms. The number of H-pyrrole nitrogens is 1. The fraction of sp³-hybridized carbons (Fsp3) is 0.286. The van der Waals surface area contributed by atoms with Gasteiger partial charge in [-0.1, -0.05) is 65.8 Å². The van der Waals surface area contributed by atoms with Crippen molar-refractivity contribution in [1.82, 2.24) is 9.97 Å². The van der Waals surface area contributed by atoms with Crippen molar-refractivity contribution in [1.29, 1.82) is 0 Å². The van der Waals surface area contributed by atoms with Crippen LogP contribution in [0, 0.1) is 0 Å². The Morgan fingerprint density at radius 3 is 2.58 bits per heavy atom. The number of halogens is 1. The van der Waals surface area contributed by atoms with E-state index in [2.05, 4.69) is 17.1 Å². The number of aromatic nitrogens is 2. The fourth-order valence-corrected chi connectivity index (χ4v) is 4.22. The minimum atomic E-state index is 0.331. The molecule has 1 unspecified atom stereocenters. The third-order valence-electron chi connectivity index (χ3n) is 4.54. The highest BCUT2D eigenvalue weighted by atomic mass is 35.5. The van der Waals surface area contributed by atoms with Gasteiger partial charge >= 0.3 is 0 Å². The van der Waals surface area contributed by atoms with Gasteiger partial charge in [-0.05, 0) is 31.4 Å². The smallest absolute Gasteiger partial charge is 0.166 e. The summed E-state index contributed by atoms with van der Waals surface area (Å²) in [4.78, 5) is 8.39. The molecular formula is C21H21ClN2OS. The maximum atomic E-state index is 6.05. The molecule has 1 aliphatic rings. The maximum absolute atomic E-state index is 6.05. The van der Waals surface area contributed by atoms with Crippen LogP contribution < -0.4 is 0 Å². The van der Waals surface area contributed by atoms with Crippen LogP contribution in [0.15, 0.2) is 59.8 Å². The maximum Gasteiger partial charge on any atom is 0.166 e. The number of thioether (sulfide) groups is 1. The van der Waals surface area contributed by atoms with Crippen molar-refractivity contribution in [3.63, 3.8) is 0 Å². The van der Waals surface area contributed by atoms with Gasteiger partial charge in [0.15, 0.2) is 5.16 Å². The van der Waals surface area contributed by atoms with Crippen LogP contribution in [0.4, 0.5) is 0 Å². The van der Waals surface area contributed by atoms with Gasteiger partial charge < -0.3 is 9.72 Å². The summed E-state index contributed by atoms with van der Waals surface area (Å²) in [6, 6.07) is 18.2. The van der Waals surface area contributed by atoms with E-state index in [0.717, 1.165) is 51.5 Å². The Morgan fingerprint density at radius 1 is 1.04 bits per heavy atom. The van der Waals surface area contributed by atoms with E-state index in [9.17, 15) is 0 Å². The molecule has 0 radical (unpaired) electrons. The van der Waals surface area contributed by atoms with E-state index in [1.807, 2.05) is 42.5 Å². The Bertz CT molecular complexity index is 842. The molecule has 134 valence electrons. The molecule has 0 saturated carbocycles. The number of hydrogen-bond donors (Lipinski definition) is 1. The van der Waals surface area contributed by atoms with Crippen molar-refractivity contribution < 1.29 is 4.74 Å². The summed E-state index contributed by atoms with van der Waals surface area (Å²) in [5, 5.41) is 1.67. The van der Waals surface area contributed by atoms with Crippen molar-refractivity contribution >= 4 is 23.4 Å². The number of nitrogens with one attached hydrogen (secondary N) is 1. The third-order valence-corrected chi connectivity index (χ3v) is 5.80. The van der Waals surface area contributed by atoms with Crippen LogP contribution in [-0.2, 0) is 4.74 Å². The molecule has 0 amide bonds. The van der Waals surface area contributed by atoms with E-state index in [0.29, 0.717) is 6.10 Å². The van der Waals surface area contributed by atoms with Crippen LogP contribution in [0.2, 0.25) is 5.02 Å². The summed E-state index contributed by atoms with van der Waals surface area (Å²) in [7, 11) is 0. The SMILES string of the molecule is Clc1ccc(-c2[nH]c(SCC3CCCCO3)nc2-c2ccccc2)cc1. The normalized spacial score (nSPS) is 17.3. The van der Waals surface area contributed by atoms with Gasteiger partial charge in [0, 0.05) is 28.5 Å². The molecule has 1 fully saturated rings. The lowest BCUT2D eigenvalue weighted by atomic mass is 10.1. The van der Waals surface area contributed by atoms with Crippen LogP contribution in [0.3, 0.4) is 0 Å². The minimum absolute atomic E-state index is 0.331. The van der Waals surface area contributed by atoms with E-state index >= 15 is 0 Å². The van der Waals surface area contributed by atoms with Gasteiger partial charge in [-0.3, -0.25) is 0 Å². The first kappa shape index (κ1) is 17.7. The summed E-state index contributed by atoms with van der Waals surface area (Å²) in [6.45, 7) is 0.884. The molecule has 1 N–H and O–H groups in total. The van der Waals surface area contributed by atoms with Crippen molar-refractivity contribution in [3.8, 4) is 22.5 Å². The second kappa shape index (κ2) is 8.30. The number of nitrogens with zero attached hydrogens (tertiary/aromatic N) is 1. The lowest BCUT2D eigenvalue weighted by Crippen LogP contribution is -2.21. The summed E-state index contributed by atoms with van der Waals surface area (Å²) >= 11 is 7.79. The van der Waals surface area contributed by atoms with Gasteiger partial charge in [0.2, 0.25) is 0 Å². The average molecular weight is 385 g/mol. The Hall–Kier alpha value is -1.75. The molecule has 1 saturated heterocycles. The Kier molecular flexibility index (Phi) is 5.63. The molecular weight excluding hydrogens is 364 g/mol. The number of imidazole rings is 1. The lowest BCUT2D eigenvalue weighted by Gasteiger charge is -2.21. The minimum Gasteiger partial charge on any atom is -0.377 e. The van der Waals surface area contributed by atoms with Gasteiger partial charge in [-0.15, -0.1) is 0 Å². The first-order valence-electron chi connectivity index (χ1n) is 8.95. The standard InChI is InChI=1S/C21H21ClN2OS/c22-17-11-9-16(10-12-17)20-19(15-6-2-1-3-7-15)23-21(24-20)26-14-18-8-4-5-13-25-18/h1-3,6-7,9-12,18H,4-5,8,13-14H2,(H,23,24). The number of aromatic amines is 1. The third kappa shape index (κ3) is 4.14. The first-order valence-corrected chi connectivity index (χ1v) is 10.3. The van der Waals surface area contributed by atoms with Crippen molar-refractivity contribution in [2.75, 3.05) is 12.4 Å². The molecule has 2 aromatic carbocycles. The summed E-state index contributed by atoms with van der Waals surface area (Å²) in [6.07, 6.45) is 3.91. The van der Waals surface area contributed by atoms with Crippen LogP contribution in [0.5, 0.6) is 0 Å². The summed E-state index contributed by atoms with van der Waals surface area (Å²) in [5.74, 6) is 0.932. The van der Waals surface area contributed by atoms with E-state index in [-0.39, 0.29) is 0 Å². The first-order chi connectivity index (χ1) is 12.8. The van der Waals surface area contributed by atoms with Gasteiger partial charge in [0.05, 0.1) is 17.5 Å². The zero-order valence-corrected chi connectivity index (χ0v) is 16.0. The Morgan fingerprint density at radius 2 is 1.85 bits per heavy atom. The van der Waals surface area contributed by atoms with Crippen LogP contribution in [0.25, 0.3) is 22.5 Å². The largest absolute Gasteiger partial charge is 0.377 e. The van der Waals surface area contributed by atoms with Crippen LogP contribution >= 0.6 is 23.4 Å². The van der Waals surface area contributed by atoms with Crippen LogP contribution in [-0.4, -0.2) is 28.4 Å². The van der Waals surface area contributed by atoms with E-state index in [1.54, 1.807) is 11.8 Å². The molecule has 4 rings (SSSR count). The lowest BCUT2D eigenvalue weighted by molar-refractivity contribution is 0.0315. The molecule has 1 aliphatic heterocycles. The molecule has 1 atom stereocenters. The second-order valence-corrected chi connectivity index (χ2v) is 7.88. The van der Waals surface area contributed by atoms with Crippen molar-refractivity contribution in [3.05, 3.63) is 59.6 Å². The Balaban J connectivity index is 1.62. The molecule has 2 heterocycles. The zero-order chi connectivity index (χ0) is 17.8. The second-order valence-electron chi connectivity index (χ2n) is 6.44. The molecule has 5 heteroatoms. The topological polar surface area (TPSA) is 37.9 Å². The van der Waals surface area contributed by atoms with E-state index in [4.69, 9.17) is 21.3 Å². The Labute approximate surface area is 163 Å². The predicted molar refractivity (Wildman–Crippen MR) is 109 cm³/mol. The van der Waals surface area contributed by atoms with Gasteiger partial charge in [-0.25, -0.2) is 4.98 Å². The highest BCUT2D eigenvalue weighted by Crippen LogP contribution is 2.33. The molecule has 1 aromatic heterocycles. The monoisotopic (exact) mass is 384 g/mol. The van der Waals surface area contributed by atoms with E-state index in [1.165, 1.54) is 12.8 Å². The van der Waals surface area contributed by atoms with Gasteiger partial charge in [-0.2, -0.15) is 0 Å². The number of ether oxygens (including phenoxy) is 1. The highest BCUT2D eigenvalue weighted by Gasteiger charge is 2.18.